The summed E-state index contributed by atoms with van der Waals surface area (Å²) in [4.78, 5) is 12.6. The molecule has 0 fully saturated rings. The van der Waals surface area contributed by atoms with Crippen LogP contribution in [0.15, 0.2) is 89.8 Å². The van der Waals surface area contributed by atoms with Gasteiger partial charge in [-0.2, -0.15) is 0 Å². The normalized spacial score (nSPS) is 11.1. The van der Waals surface area contributed by atoms with Crippen LogP contribution in [0, 0.1) is 10.1 Å². The molecule has 0 spiro atoms. The highest BCUT2D eigenvalue weighted by Gasteiger charge is 2.21. The highest BCUT2D eigenvalue weighted by Crippen LogP contribution is 2.24. The number of nitro benzene ring substituents is 1. The van der Waals surface area contributed by atoms with Gasteiger partial charge in [-0.05, 0) is 36.4 Å². The van der Waals surface area contributed by atoms with Gasteiger partial charge in [0.05, 0.1) is 21.2 Å². The molecule has 0 unspecified atom stereocenters. The van der Waals surface area contributed by atoms with Crippen LogP contribution >= 0.6 is 0 Å². The van der Waals surface area contributed by atoms with Crippen molar-refractivity contribution in [1.29, 1.82) is 0 Å². The molecule has 26 heavy (non-hydrogen) atoms. The van der Waals surface area contributed by atoms with Gasteiger partial charge >= 0.3 is 0 Å². The number of benzene rings is 3. The molecule has 0 saturated heterocycles. The number of nitrogens with one attached hydrogen (secondary N) is 1. The van der Waals surface area contributed by atoms with E-state index in [0.29, 0.717) is 11.4 Å². The molecular formula is C18H15N3O4S. The highest BCUT2D eigenvalue weighted by molar-refractivity contribution is 7.89. The van der Waals surface area contributed by atoms with E-state index in [0.717, 1.165) is 12.1 Å². The zero-order valence-electron chi connectivity index (χ0n) is 13.5. The van der Waals surface area contributed by atoms with E-state index >= 15 is 0 Å². The Morgan fingerprint density at radius 1 is 0.769 bits per heavy atom. The lowest BCUT2D eigenvalue weighted by atomic mass is 10.2. The number of nitro groups is 1. The number of para-hydroxylation sites is 2. The zero-order chi connectivity index (χ0) is 18.6. The summed E-state index contributed by atoms with van der Waals surface area (Å²) in [5, 5.41) is 12.2. The van der Waals surface area contributed by atoms with Crippen LogP contribution in [-0.2, 0) is 10.0 Å². The first-order valence-corrected chi connectivity index (χ1v) is 9.13. The Morgan fingerprint density at radius 3 is 1.65 bits per heavy atom. The quantitative estimate of drug-likeness (QED) is 0.529. The first-order chi connectivity index (χ1) is 12.5. The fourth-order valence-electron chi connectivity index (χ4n) is 2.33. The molecule has 0 aromatic heterocycles. The molecule has 0 aliphatic carbocycles. The van der Waals surface area contributed by atoms with Crippen molar-refractivity contribution in [1.82, 2.24) is 4.83 Å². The minimum atomic E-state index is -3.94. The fraction of sp³-hybridized carbons (Fsp3) is 0. The fourth-order valence-corrected chi connectivity index (χ4v) is 3.38. The second kappa shape index (κ2) is 7.34. The number of hydrogen-bond donors (Lipinski definition) is 1. The van der Waals surface area contributed by atoms with Crippen LogP contribution in [0.25, 0.3) is 0 Å². The number of hydrazine groups is 1. The number of sulfonamides is 1. The Labute approximate surface area is 150 Å². The number of rotatable bonds is 6. The maximum absolute atomic E-state index is 12.7. The summed E-state index contributed by atoms with van der Waals surface area (Å²) in [6.45, 7) is 0. The van der Waals surface area contributed by atoms with Gasteiger partial charge in [-0.3, -0.25) is 15.1 Å². The average Bonchev–Trinajstić information content (AvgIpc) is 2.67. The minimum Gasteiger partial charge on any atom is -0.263 e. The van der Waals surface area contributed by atoms with Crippen LogP contribution in [0.2, 0.25) is 0 Å². The Kier molecular flexibility index (Phi) is 4.97. The van der Waals surface area contributed by atoms with Gasteiger partial charge < -0.3 is 0 Å². The topological polar surface area (TPSA) is 92.5 Å². The summed E-state index contributed by atoms with van der Waals surface area (Å²) >= 11 is 0. The van der Waals surface area contributed by atoms with Crippen LogP contribution in [-0.4, -0.2) is 13.3 Å². The molecule has 0 bridgehead atoms. The summed E-state index contributed by atoms with van der Waals surface area (Å²) in [6, 6.07) is 22.6. The van der Waals surface area contributed by atoms with Crippen molar-refractivity contribution >= 4 is 27.1 Å². The highest BCUT2D eigenvalue weighted by atomic mass is 32.2. The van der Waals surface area contributed by atoms with E-state index in [1.165, 1.54) is 17.1 Å². The number of hydrogen-bond acceptors (Lipinski definition) is 5. The molecule has 0 aliphatic rings. The predicted molar refractivity (Wildman–Crippen MR) is 98.4 cm³/mol. The number of nitrogens with zero attached hydrogens (tertiary/aromatic N) is 2. The van der Waals surface area contributed by atoms with Gasteiger partial charge in [-0.15, -0.1) is 4.83 Å². The molecule has 0 radical (unpaired) electrons. The van der Waals surface area contributed by atoms with Gasteiger partial charge in [-0.25, -0.2) is 8.42 Å². The first kappa shape index (κ1) is 17.6. The largest absolute Gasteiger partial charge is 0.269 e. The van der Waals surface area contributed by atoms with Gasteiger partial charge in [0.15, 0.2) is 0 Å². The summed E-state index contributed by atoms with van der Waals surface area (Å²) in [6.07, 6.45) is 0. The van der Waals surface area contributed by atoms with Crippen molar-refractivity contribution in [3.8, 4) is 0 Å². The molecule has 1 N–H and O–H groups in total. The number of anilines is 2. The summed E-state index contributed by atoms with van der Waals surface area (Å²) in [5.41, 5.74) is 1.08. The zero-order valence-corrected chi connectivity index (χ0v) is 14.3. The first-order valence-electron chi connectivity index (χ1n) is 7.64. The Balaban J connectivity index is 1.97. The van der Waals surface area contributed by atoms with Gasteiger partial charge in [-0.1, -0.05) is 36.4 Å². The standard InChI is InChI=1S/C18H15N3O4S/c22-21(23)17-11-13-18(14-12-17)26(24,25)19-20(15-7-3-1-4-8-15)16-9-5-2-6-10-16/h1-14,19H. The second-order valence-corrected chi connectivity index (χ2v) is 7.01. The Hall–Kier alpha value is -3.23. The van der Waals surface area contributed by atoms with Gasteiger partial charge in [0.2, 0.25) is 0 Å². The lowest BCUT2D eigenvalue weighted by Crippen LogP contribution is -2.38. The Morgan fingerprint density at radius 2 is 1.23 bits per heavy atom. The molecule has 3 aromatic rings. The van der Waals surface area contributed by atoms with Crippen molar-refractivity contribution in [2.75, 3.05) is 5.01 Å². The smallest absolute Gasteiger partial charge is 0.263 e. The molecule has 0 amide bonds. The molecule has 3 aromatic carbocycles. The lowest BCUT2D eigenvalue weighted by Gasteiger charge is -2.25. The molecule has 0 aliphatic heterocycles. The average molecular weight is 369 g/mol. The van der Waals surface area contributed by atoms with Gasteiger partial charge in [0.1, 0.15) is 0 Å². The van der Waals surface area contributed by atoms with E-state index in [4.69, 9.17) is 0 Å². The minimum absolute atomic E-state index is 0.0695. The van der Waals surface area contributed by atoms with E-state index in [-0.39, 0.29) is 10.6 Å². The van der Waals surface area contributed by atoms with E-state index in [1.807, 2.05) is 12.1 Å². The molecule has 8 heteroatoms. The van der Waals surface area contributed by atoms with Crippen molar-refractivity contribution in [3.63, 3.8) is 0 Å². The summed E-state index contributed by atoms with van der Waals surface area (Å²) < 4.78 is 25.5. The maximum Gasteiger partial charge on any atom is 0.269 e. The van der Waals surface area contributed by atoms with Crippen molar-refractivity contribution < 1.29 is 13.3 Å². The molecule has 132 valence electrons. The summed E-state index contributed by atoms with van der Waals surface area (Å²) in [5.74, 6) is 0. The van der Waals surface area contributed by atoms with Crippen molar-refractivity contribution in [2.45, 2.75) is 4.90 Å². The molecule has 0 atom stereocenters. The third-order valence-electron chi connectivity index (χ3n) is 3.60. The second-order valence-electron chi connectivity index (χ2n) is 5.35. The van der Waals surface area contributed by atoms with E-state index in [2.05, 4.69) is 4.83 Å². The van der Waals surface area contributed by atoms with Crippen LogP contribution in [0.1, 0.15) is 0 Å². The Bertz CT molecular complexity index is 952. The van der Waals surface area contributed by atoms with Gasteiger partial charge in [0, 0.05) is 12.1 Å². The predicted octanol–water partition coefficient (Wildman–Crippen LogP) is 3.63. The van der Waals surface area contributed by atoms with Crippen LogP contribution in [0.5, 0.6) is 0 Å². The SMILES string of the molecule is O=[N+]([O-])c1ccc(S(=O)(=O)NN(c2ccccc2)c2ccccc2)cc1. The number of non-ortho nitro benzene ring substituents is 1. The summed E-state index contributed by atoms with van der Waals surface area (Å²) in [7, 11) is -3.94. The monoisotopic (exact) mass is 369 g/mol. The molecule has 0 saturated carbocycles. The van der Waals surface area contributed by atoms with E-state index < -0.39 is 14.9 Å². The van der Waals surface area contributed by atoms with Crippen LogP contribution < -0.4 is 9.84 Å². The van der Waals surface area contributed by atoms with E-state index in [9.17, 15) is 18.5 Å². The molecule has 0 heterocycles. The van der Waals surface area contributed by atoms with E-state index in [1.54, 1.807) is 48.5 Å². The molecular weight excluding hydrogens is 354 g/mol. The third-order valence-corrected chi connectivity index (χ3v) is 4.91. The van der Waals surface area contributed by atoms with Crippen LogP contribution in [0.4, 0.5) is 17.1 Å². The molecule has 7 nitrogen and oxygen atoms in total. The molecule has 3 rings (SSSR count). The van der Waals surface area contributed by atoms with Crippen molar-refractivity contribution in [3.05, 3.63) is 95.0 Å². The van der Waals surface area contributed by atoms with Crippen LogP contribution in [0.3, 0.4) is 0 Å². The lowest BCUT2D eigenvalue weighted by molar-refractivity contribution is -0.384. The maximum atomic E-state index is 12.7. The third kappa shape index (κ3) is 3.88. The van der Waals surface area contributed by atoms with Crippen molar-refractivity contribution in [2.24, 2.45) is 0 Å². The van der Waals surface area contributed by atoms with Gasteiger partial charge in [0.25, 0.3) is 15.7 Å².